The minimum absolute atomic E-state index is 0.130. The molecule has 162 valence electrons. The van der Waals surface area contributed by atoms with E-state index >= 15 is 0 Å². The quantitative estimate of drug-likeness (QED) is 0.496. The van der Waals surface area contributed by atoms with Gasteiger partial charge in [0.2, 0.25) is 18.5 Å². The number of aromatic nitrogens is 2. The Kier molecular flexibility index (Phi) is 5.69. The summed E-state index contributed by atoms with van der Waals surface area (Å²) >= 11 is 0. The standard InChI is InChI=1S/C21H23N5O5/c1-27-16-7-13(8-17(28-2)20(16)29-3)24-19-9-18(25-21(22)26-19)23-10-12-4-5-14-15(6-12)31-11-30-14/h4-9H,10-11H2,1-3H3,(H4,22,23,24,25,26). The van der Waals surface area contributed by atoms with E-state index in [0.29, 0.717) is 41.1 Å². The summed E-state index contributed by atoms with van der Waals surface area (Å²) in [6.07, 6.45) is 0. The van der Waals surface area contributed by atoms with E-state index in [1.165, 1.54) is 0 Å². The van der Waals surface area contributed by atoms with Crippen LogP contribution in [0.5, 0.6) is 28.7 Å². The van der Waals surface area contributed by atoms with Crippen LogP contribution in [0.2, 0.25) is 0 Å². The van der Waals surface area contributed by atoms with Gasteiger partial charge in [0.25, 0.3) is 0 Å². The SMILES string of the molecule is COc1cc(Nc2cc(NCc3ccc4c(c3)OCO4)nc(N)n2)cc(OC)c1OC. The number of nitrogen functional groups attached to an aromatic ring is 1. The molecule has 0 saturated heterocycles. The Morgan fingerprint density at radius 3 is 2.32 bits per heavy atom. The molecule has 2 heterocycles. The molecule has 0 spiro atoms. The molecule has 0 unspecified atom stereocenters. The fraction of sp³-hybridized carbons (Fsp3) is 0.238. The summed E-state index contributed by atoms with van der Waals surface area (Å²) in [6.45, 7) is 0.765. The molecular weight excluding hydrogens is 402 g/mol. The molecule has 2 aromatic carbocycles. The zero-order valence-electron chi connectivity index (χ0n) is 17.4. The Balaban J connectivity index is 1.51. The number of benzene rings is 2. The van der Waals surface area contributed by atoms with Gasteiger partial charge in [-0.05, 0) is 17.7 Å². The maximum atomic E-state index is 5.91. The summed E-state index contributed by atoms with van der Waals surface area (Å²) in [5.74, 6) is 4.22. The van der Waals surface area contributed by atoms with Gasteiger partial charge >= 0.3 is 0 Å². The van der Waals surface area contributed by atoms with E-state index in [1.54, 1.807) is 39.5 Å². The van der Waals surface area contributed by atoms with Crippen molar-refractivity contribution >= 4 is 23.3 Å². The maximum absolute atomic E-state index is 5.91. The first-order valence-corrected chi connectivity index (χ1v) is 9.43. The maximum Gasteiger partial charge on any atom is 0.231 e. The van der Waals surface area contributed by atoms with E-state index in [9.17, 15) is 0 Å². The third-order valence-corrected chi connectivity index (χ3v) is 4.59. The number of nitrogens with two attached hydrogens (primary N) is 1. The van der Waals surface area contributed by atoms with Gasteiger partial charge in [-0.2, -0.15) is 9.97 Å². The number of nitrogens with one attached hydrogen (secondary N) is 2. The lowest BCUT2D eigenvalue weighted by molar-refractivity contribution is 0.174. The highest BCUT2D eigenvalue weighted by atomic mass is 16.7. The van der Waals surface area contributed by atoms with Gasteiger partial charge in [-0.25, -0.2) is 0 Å². The van der Waals surface area contributed by atoms with Crippen molar-refractivity contribution in [2.24, 2.45) is 0 Å². The molecule has 0 bridgehead atoms. The molecule has 3 aromatic rings. The van der Waals surface area contributed by atoms with Gasteiger partial charge in [-0.15, -0.1) is 0 Å². The second-order valence-electron chi connectivity index (χ2n) is 6.58. The molecule has 1 aromatic heterocycles. The first-order valence-electron chi connectivity index (χ1n) is 9.43. The van der Waals surface area contributed by atoms with Crippen molar-refractivity contribution < 1.29 is 23.7 Å². The van der Waals surface area contributed by atoms with Gasteiger partial charge in [-0.1, -0.05) is 6.07 Å². The summed E-state index contributed by atoms with van der Waals surface area (Å²) in [5.41, 5.74) is 7.61. The number of rotatable bonds is 8. The van der Waals surface area contributed by atoms with Gasteiger partial charge < -0.3 is 40.1 Å². The highest BCUT2D eigenvalue weighted by molar-refractivity contribution is 5.68. The number of methoxy groups -OCH3 is 3. The van der Waals surface area contributed by atoms with Crippen LogP contribution < -0.4 is 40.1 Å². The monoisotopic (exact) mass is 425 g/mol. The van der Waals surface area contributed by atoms with Crippen LogP contribution in [0.3, 0.4) is 0 Å². The van der Waals surface area contributed by atoms with E-state index < -0.39 is 0 Å². The molecule has 10 heteroatoms. The molecule has 0 aliphatic carbocycles. The number of hydrogen-bond donors (Lipinski definition) is 3. The van der Waals surface area contributed by atoms with Crippen LogP contribution in [0.4, 0.5) is 23.3 Å². The van der Waals surface area contributed by atoms with E-state index in [2.05, 4.69) is 20.6 Å². The van der Waals surface area contributed by atoms with Crippen LogP contribution in [0, 0.1) is 0 Å². The van der Waals surface area contributed by atoms with Crippen molar-refractivity contribution in [3.63, 3.8) is 0 Å². The van der Waals surface area contributed by atoms with Crippen molar-refractivity contribution in [3.8, 4) is 28.7 Å². The molecule has 0 amide bonds. The molecule has 0 fully saturated rings. The Morgan fingerprint density at radius 2 is 1.61 bits per heavy atom. The second kappa shape index (κ2) is 8.74. The molecule has 1 aliphatic rings. The predicted molar refractivity (Wildman–Crippen MR) is 116 cm³/mol. The van der Waals surface area contributed by atoms with Crippen LogP contribution >= 0.6 is 0 Å². The molecule has 0 radical (unpaired) electrons. The Hall–Kier alpha value is -4.08. The molecule has 1 aliphatic heterocycles. The molecular formula is C21H23N5O5. The van der Waals surface area contributed by atoms with Crippen LogP contribution in [-0.4, -0.2) is 38.1 Å². The summed E-state index contributed by atoms with van der Waals surface area (Å²) in [7, 11) is 4.67. The number of fused-ring (bicyclic) bond motifs is 1. The number of nitrogens with zero attached hydrogens (tertiary/aromatic N) is 2. The minimum atomic E-state index is 0.130. The number of ether oxygens (including phenoxy) is 5. The molecule has 4 rings (SSSR count). The average Bonchev–Trinajstić information content (AvgIpc) is 3.24. The van der Waals surface area contributed by atoms with Crippen molar-refractivity contribution in [2.45, 2.75) is 6.54 Å². The van der Waals surface area contributed by atoms with Crippen LogP contribution in [-0.2, 0) is 6.54 Å². The zero-order valence-corrected chi connectivity index (χ0v) is 17.4. The summed E-state index contributed by atoms with van der Waals surface area (Å²) in [6, 6.07) is 11.1. The van der Waals surface area contributed by atoms with Crippen LogP contribution in [0.15, 0.2) is 36.4 Å². The van der Waals surface area contributed by atoms with E-state index in [4.69, 9.17) is 29.4 Å². The first-order chi connectivity index (χ1) is 15.1. The lowest BCUT2D eigenvalue weighted by Gasteiger charge is -2.15. The predicted octanol–water partition coefficient (Wildman–Crippen LogP) is 3.17. The highest BCUT2D eigenvalue weighted by Gasteiger charge is 2.15. The van der Waals surface area contributed by atoms with Gasteiger partial charge in [0.15, 0.2) is 23.0 Å². The summed E-state index contributed by atoms with van der Waals surface area (Å²) in [5, 5.41) is 6.44. The molecule has 4 N–H and O–H groups in total. The lowest BCUT2D eigenvalue weighted by atomic mass is 10.2. The smallest absolute Gasteiger partial charge is 0.231 e. The third-order valence-electron chi connectivity index (χ3n) is 4.59. The van der Waals surface area contributed by atoms with E-state index in [-0.39, 0.29) is 12.7 Å². The van der Waals surface area contributed by atoms with Crippen molar-refractivity contribution in [1.29, 1.82) is 0 Å². The van der Waals surface area contributed by atoms with E-state index in [0.717, 1.165) is 17.1 Å². The zero-order chi connectivity index (χ0) is 21.8. The largest absolute Gasteiger partial charge is 0.493 e. The fourth-order valence-electron chi connectivity index (χ4n) is 3.17. The Labute approximate surface area is 179 Å². The van der Waals surface area contributed by atoms with Crippen LogP contribution in [0.1, 0.15) is 5.56 Å². The molecule has 0 saturated carbocycles. The number of hydrogen-bond acceptors (Lipinski definition) is 10. The topological polar surface area (TPSA) is 122 Å². The third kappa shape index (κ3) is 4.42. The minimum Gasteiger partial charge on any atom is -0.493 e. The van der Waals surface area contributed by atoms with Crippen molar-refractivity contribution in [2.75, 3.05) is 44.5 Å². The van der Waals surface area contributed by atoms with Gasteiger partial charge in [-0.3, -0.25) is 0 Å². The Morgan fingerprint density at radius 1 is 0.903 bits per heavy atom. The summed E-state index contributed by atoms with van der Waals surface area (Å²) < 4.78 is 26.9. The second-order valence-corrected chi connectivity index (χ2v) is 6.58. The first kappa shape index (κ1) is 20.2. The molecule has 31 heavy (non-hydrogen) atoms. The normalized spacial score (nSPS) is 11.7. The molecule has 0 atom stereocenters. The average molecular weight is 425 g/mol. The fourth-order valence-corrected chi connectivity index (χ4v) is 3.17. The van der Waals surface area contributed by atoms with Crippen LogP contribution in [0.25, 0.3) is 0 Å². The van der Waals surface area contributed by atoms with Crippen molar-refractivity contribution in [1.82, 2.24) is 9.97 Å². The Bertz CT molecular complexity index is 1070. The summed E-state index contributed by atoms with van der Waals surface area (Å²) in [4.78, 5) is 8.50. The van der Waals surface area contributed by atoms with E-state index in [1.807, 2.05) is 18.2 Å². The molecule has 10 nitrogen and oxygen atoms in total. The van der Waals surface area contributed by atoms with Gasteiger partial charge in [0, 0.05) is 30.4 Å². The van der Waals surface area contributed by atoms with Crippen molar-refractivity contribution in [3.05, 3.63) is 42.0 Å². The highest BCUT2D eigenvalue weighted by Crippen LogP contribution is 2.40. The lowest BCUT2D eigenvalue weighted by Crippen LogP contribution is -2.06. The van der Waals surface area contributed by atoms with Gasteiger partial charge in [0.05, 0.1) is 21.3 Å². The number of anilines is 4. The van der Waals surface area contributed by atoms with Gasteiger partial charge in [0.1, 0.15) is 11.6 Å².